The maximum atomic E-state index is 12.0. The van der Waals surface area contributed by atoms with Gasteiger partial charge in [0.1, 0.15) is 0 Å². The van der Waals surface area contributed by atoms with E-state index in [9.17, 15) is 13.2 Å². The molecule has 1 amide bonds. The van der Waals surface area contributed by atoms with Crippen molar-refractivity contribution < 1.29 is 13.2 Å². The molecule has 1 fully saturated rings. The summed E-state index contributed by atoms with van der Waals surface area (Å²) in [4.78, 5) is 11.8. The molecule has 0 atom stereocenters. The Hall–Kier alpha value is -1.76. The Labute approximate surface area is 118 Å². The molecule has 0 saturated heterocycles. The minimum Gasteiger partial charge on any atom is -0.326 e. The molecule has 7 heteroatoms. The van der Waals surface area contributed by atoms with Gasteiger partial charge in [-0.25, -0.2) is 0 Å². The minimum atomic E-state index is -3.46. The Kier molecular flexibility index (Phi) is 2.89. The molecular weight excluding hydrogens is 278 g/mol. The van der Waals surface area contributed by atoms with Crippen LogP contribution in [0.4, 0.5) is 17.1 Å². The maximum absolute atomic E-state index is 12.0. The summed E-state index contributed by atoms with van der Waals surface area (Å²) in [7, 11) is -0.439. The van der Waals surface area contributed by atoms with E-state index in [-0.39, 0.29) is 5.91 Å². The summed E-state index contributed by atoms with van der Waals surface area (Å²) in [6.45, 7) is 0. The van der Waals surface area contributed by atoms with Crippen molar-refractivity contribution in [3.63, 3.8) is 0 Å². The summed E-state index contributed by atoms with van der Waals surface area (Å²) in [5, 5.41) is 2.83. The first-order chi connectivity index (χ1) is 9.39. The maximum Gasteiger partial charge on any atom is 0.326 e. The van der Waals surface area contributed by atoms with Crippen molar-refractivity contribution in [2.24, 2.45) is 5.92 Å². The fraction of sp³-hybridized carbons (Fsp3) is 0.462. The predicted molar refractivity (Wildman–Crippen MR) is 78.1 cm³/mol. The van der Waals surface area contributed by atoms with Gasteiger partial charge in [-0.3, -0.25) is 13.4 Å². The van der Waals surface area contributed by atoms with E-state index in [2.05, 4.69) is 5.32 Å². The van der Waals surface area contributed by atoms with Gasteiger partial charge in [0.05, 0.1) is 11.4 Å². The summed E-state index contributed by atoms with van der Waals surface area (Å²) >= 11 is 0. The first-order valence-corrected chi connectivity index (χ1v) is 7.96. The second-order valence-corrected chi connectivity index (χ2v) is 7.33. The highest BCUT2D eigenvalue weighted by molar-refractivity contribution is 7.94. The Bertz CT molecular complexity index is 667. The lowest BCUT2D eigenvalue weighted by atomic mass is 10.2. The standard InChI is InChI=1S/C13H17N3O3S/c1-15-11-6-5-10(14-13(17)7-9-3-4-9)8-12(11)16(2)20(15,18)19/h5-6,8-9H,3-4,7H2,1-2H3,(H,14,17). The zero-order chi connectivity index (χ0) is 14.5. The average Bonchev–Trinajstić information content (AvgIpc) is 3.17. The van der Waals surface area contributed by atoms with Gasteiger partial charge in [-0.15, -0.1) is 0 Å². The zero-order valence-corrected chi connectivity index (χ0v) is 12.3. The van der Waals surface area contributed by atoms with Crippen LogP contribution in [0, 0.1) is 5.92 Å². The van der Waals surface area contributed by atoms with Crippen molar-refractivity contribution in [1.29, 1.82) is 0 Å². The lowest BCUT2D eigenvalue weighted by Gasteiger charge is -2.13. The number of carbonyl (C=O) groups is 1. The largest absolute Gasteiger partial charge is 0.326 e. The molecule has 0 spiro atoms. The molecule has 1 aromatic carbocycles. The molecule has 1 aliphatic heterocycles. The number of fused-ring (bicyclic) bond motifs is 1. The van der Waals surface area contributed by atoms with Gasteiger partial charge in [-0.2, -0.15) is 8.42 Å². The molecule has 2 aliphatic rings. The molecule has 3 rings (SSSR count). The van der Waals surface area contributed by atoms with Crippen LogP contribution in [0.2, 0.25) is 0 Å². The quantitative estimate of drug-likeness (QED) is 0.920. The van der Waals surface area contributed by atoms with E-state index in [0.29, 0.717) is 29.4 Å². The fourth-order valence-corrected chi connectivity index (χ4v) is 3.51. The van der Waals surface area contributed by atoms with Crippen LogP contribution >= 0.6 is 0 Å². The Morgan fingerprint density at radius 2 is 1.90 bits per heavy atom. The molecule has 0 unspecified atom stereocenters. The summed E-state index contributed by atoms with van der Waals surface area (Å²) in [5.41, 5.74) is 1.83. The minimum absolute atomic E-state index is 0.00990. The Balaban J connectivity index is 1.83. The van der Waals surface area contributed by atoms with Gasteiger partial charge in [0, 0.05) is 26.2 Å². The number of anilines is 3. The molecule has 1 heterocycles. The summed E-state index contributed by atoms with van der Waals surface area (Å²) < 4.78 is 26.5. The van der Waals surface area contributed by atoms with E-state index >= 15 is 0 Å². The second-order valence-electron chi connectivity index (χ2n) is 5.34. The number of hydrogen-bond donors (Lipinski definition) is 1. The van der Waals surface area contributed by atoms with E-state index < -0.39 is 10.2 Å². The summed E-state index contributed by atoms with van der Waals surface area (Å²) in [6.07, 6.45) is 2.80. The molecule has 0 aromatic heterocycles. The molecule has 0 radical (unpaired) electrons. The van der Waals surface area contributed by atoms with Crippen LogP contribution in [0.1, 0.15) is 19.3 Å². The summed E-state index contributed by atoms with van der Waals surface area (Å²) in [5.74, 6) is 0.517. The van der Waals surface area contributed by atoms with Gasteiger partial charge in [0.2, 0.25) is 5.91 Å². The van der Waals surface area contributed by atoms with Crippen LogP contribution in [-0.4, -0.2) is 28.4 Å². The second kappa shape index (κ2) is 4.37. The van der Waals surface area contributed by atoms with Crippen molar-refractivity contribution in [2.75, 3.05) is 28.0 Å². The molecule has 6 nitrogen and oxygen atoms in total. The summed E-state index contributed by atoms with van der Waals surface area (Å²) in [6, 6.07) is 5.14. The van der Waals surface area contributed by atoms with Gasteiger partial charge < -0.3 is 5.32 Å². The third-order valence-electron chi connectivity index (χ3n) is 3.80. The third-order valence-corrected chi connectivity index (χ3v) is 5.58. The number of hydrogen-bond acceptors (Lipinski definition) is 3. The molecule has 1 aromatic rings. The van der Waals surface area contributed by atoms with Crippen molar-refractivity contribution >= 4 is 33.2 Å². The van der Waals surface area contributed by atoms with E-state index in [4.69, 9.17) is 0 Å². The highest BCUT2D eigenvalue weighted by Crippen LogP contribution is 2.40. The van der Waals surface area contributed by atoms with Gasteiger partial charge >= 0.3 is 10.2 Å². The third kappa shape index (κ3) is 2.11. The number of nitrogens with one attached hydrogen (secondary N) is 1. The highest BCUT2D eigenvalue weighted by Gasteiger charge is 2.35. The molecule has 1 saturated carbocycles. The predicted octanol–water partition coefficient (Wildman–Crippen LogP) is 1.56. The van der Waals surface area contributed by atoms with E-state index in [0.717, 1.165) is 12.8 Å². The lowest BCUT2D eigenvalue weighted by Crippen LogP contribution is -2.32. The molecule has 108 valence electrons. The van der Waals surface area contributed by atoms with E-state index in [1.54, 1.807) is 18.2 Å². The van der Waals surface area contributed by atoms with Crippen LogP contribution in [0.5, 0.6) is 0 Å². The van der Waals surface area contributed by atoms with E-state index in [1.807, 2.05) is 0 Å². The number of nitrogens with zero attached hydrogens (tertiary/aromatic N) is 2. The number of carbonyl (C=O) groups excluding carboxylic acids is 1. The normalized spacial score (nSPS) is 19.9. The van der Waals surface area contributed by atoms with Gasteiger partial charge in [0.25, 0.3) is 0 Å². The topological polar surface area (TPSA) is 69.7 Å². The zero-order valence-electron chi connectivity index (χ0n) is 11.5. The average molecular weight is 295 g/mol. The van der Waals surface area contributed by atoms with E-state index in [1.165, 1.54) is 22.7 Å². The van der Waals surface area contributed by atoms with Crippen LogP contribution < -0.4 is 13.9 Å². The monoisotopic (exact) mass is 295 g/mol. The highest BCUT2D eigenvalue weighted by atomic mass is 32.2. The van der Waals surface area contributed by atoms with Crippen LogP contribution in [-0.2, 0) is 15.0 Å². The molecule has 1 aliphatic carbocycles. The molecular formula is C13H17N3O3S. The van der Waals surface area contributed by atoms with Crippen molar-refractivity contribution in [3.8, 4) is 0 Å². The first-order valence-electron chi connectivity index (χ1n) is 6.56. The van der Waals surface area contributed by atoms with Gasteiger partial charge in [-0.05, 0) is 37.0 Å². The Morgan fingerprint density at radius 3 is 2.55 bits per heavy atom. The fourth-order valence-electron chi connectivity index (χ4n) is 2.35. The molecule has 1 N–H and O–H groups in total. The van der Waals surface area contributed by atoms with Crippen LogP contribution in [0.15, 0.2) is 18.2 Å². The lowest BCUT2D eigenvalue weighted by molar-refractivity contribution is -0.116. The number of rotatable bonds is 3. The molecule has 20 heavy (non-hydrogen) atoms. The van der Waals surface area contributed by atoms with Gasteiger partial charge in [-0.1, -0.05) is 0 Å². The van der Waals surface area contributed by atoms with Gasteiger partial charge in [0.15, 0.2) is 0 Å². The number of amides is 1. The van der Waals surface area contributed by atoms with Crippen LogP contribution in [0.25, 0.3) is 0 Å². The van der Waals surface area contributed by atoms with Crippen molar-refractivity contribution in [2.45, 2.75) is 19.3 Å². The first kappa shape index (κ1) is 13.2. The smallest absolute Gasteiger partial charge is 0.326 e. The Morgan fingerprint density at radius 1 is 1.25 bits per heavy atom. The number of benzene rings is 1. The van der Waals surface area contributed by atoms with Crippen LogP contribution in [0.3, 0.4) is 0 Å². The molecule has 0 bridgehead atoms. The van der Waals surface area contributed by atoms with Crippen molar-refractivity contribution in [1.82, 2.24) is 0 Å². The van der Waals surface area contributed by atoms with Crippen molar-refractivity contribution in [3.05, 3.63) is 18.2 Å². The SMILES string of the molecule is CN1c2ccc(NC(=O)CC3CC3)cc2N(C)S1(=O)=O.